The van der Waals surface area contributed by atoms with Crippen molar-refractivity contribution in [1.29, 1.82) is 0 Å². The summed E-state index contributed by atoms with van der Waals surface area (Å²) in [5.74, 6) is -1.97. The molecule has 0 unspecified atom stereocenters. The van der Waals surface area contributed by atoms with Gasteiger partial charge in [0, 0.05) is 31.0 Å². The second kappa shape index (κ2) is 8.73. The van der Waals surface area contributed by atoms with E-state index in [-0.39, 0.29) is 29.0 Å². The summed E-state index contributed by atoms with van der Waals surface area (Å²) in [7, 11) is 0. The Morgan fingerprint density at radius 3 is 2.68 bits per heavy atom. The first-order valence-electron chi connectivity index (χ1n) is 9.89. The Bertz CT molecular complexity index is 1110. The van der Waals surface area contributed by atoms with E-state index in [1.807, 2.05) is 6.92 Å². The third kappa shape index (κ3) is 4.36. The number of rotatable bonds is 4. The van der Waals surface area contributed by atoms with E-state index in [1.54, 1.807) is 12.3 Å². The Hall–Kier alpha value is -3.46. The van der Waals surface area contributed by atoms with Crippen LogP contribution in [0.1, 0.15) is 23.8 Å². The molecule has 0 spiro atoms. The van der Waals surface area contributed by atoms with Gasteiger partial charge in [-0.05, 0) is 36.6 Å². The van der Waals surface area contributed by atoms with Crippen molar-refractivity contribution in [1.82, 2.24) is 15.0 Å². The molecule has 2 N–H and O–H groups in total. The summed E-state index contributed by atoms with van der Waals surface area (Å²) < 4.78 is 28.3. The summed E-state index contributed by atoms with van der Waals surface area (Å²) >= 11 is 0. The number of carbonyl (C=O) groups excluding carboxylic acids is 1. The molecule has 4 heterocycles. The normalized spacial score (nSPS) is 18.6. The Morgan fingerprint density at radius 1 is 1.13 bits per heavy atom. The average Bonchev–Trinajstić information content (AvgIpc) is 2.77. The van der Waals surface area contributed by atoms with Crippen molar-refractivity contribution in [3.05, 3.63) is 66.4 Å². The summed E-state index contributed by atoms with van der Waals surface area (Å²) in [6.07, 6.45) is 5.70. The van der Waals surface area contributed by atoms with E-state index in [9.17, 15) is 18.7 Å². The van der Waals surface area contributed by atoms with Gasteiger partial charge in [0.1, 0.15) is 17.2 Å². The van der Waals surface area contributed by atoms with Gasteiger partial charge in [0.05, 0.1) is 29.9 Å². The number of nitrogens with zero attached hydrogens (tertiary/aromatic N) is 4. The monoisotopic (exact) mass is 425 g/mol. The molecule has 0 radical (unpaired) electrons. The molecule has 0 saturated carbocycles. The molecule has 160 valence electrons. The topological polar surface area (TPSA) is 91.2 Å². The molecule has 1 amide bonds. The molecular weight excluding hydrogens is 404 g/mol. The maximum Gasteiger partial charge on any atom is 0.274 e. The highest BCUT2D eigenvalue weighted by atomic mass is 19.1. The number of carbonyl (C=O) groups is 1. The summed E-state index contributed by atoms with van der Waals surface area (Å²) in [5, 5.41) is 12.8. The number of aliphatic hydroxyl groups excluding tert-OH is 1. The van der Waals surface area contributed by atoms with Crippen LogP contribution in [0.2, 0.25) is 0 Å². The summed E-state index contributed by atoms with van der Waals surface area (Å²) in [4.78, 5) is 26.7. The second-order valence-corrected chi connectivity index (χ2v) is 7.51. The molecule has 4 rings (SSSR count). The van der Waals surface area contributed by atoms with Crippen molar-refractivity contribution in [2.24, 2.45) is 5.92 Å². The minimum atomic E-state index is -0.746. The van der Waals surface area contributed by atoms with Crippen LogP contribution in [0, 0.1) is 17.6 Å². The summed E-state index contributed by atoms with van der Waals surface area (Å²) in [5.41, 5.74) is 0.830. The molecule has 1 saturated heterocycles. The van der Waals surface area contributed by atoms with E-state index in [0.29, 0.717) is 25.2 Å². The fourth-order valence-electron chi connectivity index (χ4n) is 3.62. The zero-order valence-electron chi connectivity index (χ0n) is 16.8. The van der Waals surface area contributed by atoms with Crippen molar-refractivity contribution in [2.45, 2.75) is 19.4 Å². The van der Waals surface area contributed by atoms with Crippen LogP contribution in [0.4, 0.5) is 20.2 Å². The number of piperidine rings is 1. The largest absolute Gasteiger partial charge is 0.393 e. The van der Waals surface area contributed by atoms with E-state index >= 15 is 0 Å². The Morgan fingerprint density at radius 2 is 1.90 bits per heavy atom. The highest BCUT2D eigenvalue weighted by Crippen LogP contribution is 2.30. The molecule has 7 nitrogen and oxygen atoms in total. The lowest BCUT2D eigenvalue weighted by Crippen LogP contribution is -2.42. The number of amides is 1. The maximum absolute atomic E-state index is 14.3. The number of hydrogen-bond donors (Lipinski definition) is 2. The third-order valence-corrected chi connectivity index (χ3v) is 5.35. The number of aromatic nitrogens is 3. The molecule has 1 fully saturated rings. The zero-order valence-corrected chi connectivity index (χ0v) is 16.8. The SMILES string of the molecule is C[C@H]1CN(c2ccncc2NC(=O)c2ccc(F)c(-c3ccncc3F)n2)CC[C@@H]1O. The predicted octanol–water partition coefficient (Wildman–Crippen LogP) is 3.28. The van der Waals surface area contributed by atoms with Gasteiger partial charge in [-0.15, -0.1) is 0 Å². The van der Waals surface area contributed by atoms with Gasteiger partial charge < -0.3 is 15.3 Å². The number of anilines is 2. The number of nitrogens with one attached hydrogen (secondary N) is 1. The first-order valence-corrected chi connectivity index (χ1v) is 9.89. The highest BCUT2D eigenvalue weighted by molar-refractivity contribution is 6.04. The quantitative estimate of drug-likeness (QED) is 0.667. The van der Waals surface area contributed by atoms with Gasteiger partial charge in [-0.25, -0.2) is 13.8 Å². The zero-order chi connectivity index (χ0) is 22.0. The van der Waals surface area contributed by atoms with Crippen LogP contribution in [-0.4, -0.2) is 45.2 Å². The van der Waals surface area contributed by atoms with E-state index in [0.717, 1.165) is 18.0 Å². The summed E-state index contributed by atoms with van der Waals surface area (Å²) in [6.45, 7) is 3.24. The van der Waals surface area contributed by atoms with Crippen molar-refractivity contribution in [3.8, 4) is 11.3 Å². The van der Waals surface area contributed by atoms with Gasteiger partial charge in [0.25, 0.3) is 5.91 Å². The fraction of sp³-hybridized carbons (Fsp3) is 0.273. The predicted molar refractivity (Wildman–Crippen MR) is 112 cm³/mol. The van der Waals surface area contributed by atoms with Crippen molar-refractivity contribution < 1.29 is 18.7 Å². The lowest BCUT2D eigenvalue weighted by Gasteiger charge is -2.36. The Labute approximate surface area is 177 Å². The van der Waals surface area contributed by atoms with Crippen LogP contribution >= 0.6 is 0 Å². The Kier molecular flexibility index (Phi) is 5.85. The van der Waals surface area contributed by atoms with Crippen LogP contribution in [0.3, 0.4) is 0 Å². The Balaban J connectivity index is 1.60. The van der Waals surface area contributed by atoms with Gasteiger partial charge in [-0.2, -0.15) is 0 Å². The average molecular weight is 425 g/mol. The van der Waals surface area contributed by atoms with Crippen LogP contribution in [-0.2, 0) is 0 Å². The number of hydrogen-bond acceptors (Lipinski definition) is 6. The number of pyridine rings is 3. The van der Waals surface area contributed by atoms with Gasteiger partial charge >= 0.3 is 0 Å². The second-order valence-electron chi connectivity index (χ2n) is 7.51. The molecule has 0 bridgehead atoms. The molecule has 1 aliphatic heterocycles. The molecular formula is C22H21F2N5O2. The molecule has 1 aliphatic rings. The lowest BCUT2D eigenvalue weighted by atomic mass is 9.96. The van der Waals surface area contributed by atoms with Crippen LogP contribution in [0.25, 0.3) is 11.3 Å². The van der Waals surface area contributed by atoms with Crippen molar-refractivity contribution in [3.63, 3.8) is 0 Å². The van der Waals surface area contributed by atoms with Gasteiger partial charge in [-0.3, -0.25) is 14.8 Å². The minimum Gasteiger partial charge on any atom is -0.393 e. The molecule has 3 aromatic heterocycles. The van der Waals surface area contributed by atoms with Gasteiger partial charge in [-0.1, -0.05) is 6.92 Å². The lowest BCUT2D eigenvalue weighted by molar-refractivity contribution is 0.0969. The van der Waals surface area contributed by atoms with Crippen LogP contribution in [0.5, 0.6) is 0 Å². The fourth-order valence-corrected chi connectivity index (χ4v) is 3.62. The minimum absolute atomic E-state index is 0.0650. The van der Waals surface area contributed by atoms with E-state index in [4.69, 9.17) is 0 Å². The van der Waals surface area contributed by atoms with E-state index in [1.165, 1.54) is 24.5 Å². The maximum atomic E-state index is 14.3. The third-order valence-electron chi connectivity index (χ3n) is 5.35. The smallest absolute Gasteiger partial charge is 0.274 e. The molecule has 2 atom stereocenters. The van der Waals surface area contributed by atoms with Gasteiger partial charge in [0.15, 0.2) is 5.82 Å². The summed E-state index contributed by atoms with van der Waals surface area (Å²) in [6, 6.07) is 5.40. The van der Waals surface area contributed by atoms with E-state index < -0.39 is 17.5 Å². The molecule has 0 aromatic carbocycles. The molecule has 31 heavy (non-hydrogen) atoms. The first-order chi connectivity index (χ1) is 14.9. The van der Waals surface area contributed by atoms with Crippen molar-refractivity contribution in [2.75, 3.05) is 23.3 Å². The van der Waals surface area contributed by atoms with Crippen LogP contribution in [0.15, 0.2) is 49.1 Å². The standard InChI is InChI=1S/C22H21F2N5O2/c1-13-12-29(9-6-20(13)30)19-5-8-26-11-18(19)28-22(31)17-3-2-15(23)21(27-17)14-4-7-25-10-16(14)24/h2-5,7-8,10-11,13,20,30H,6,9,12H2,1H3,(H,28,31)/t13-,20-/m0/s1. The molecule has 3 aromatic rings. The molecule has 9 heteroatoms. The first kappa shape index (κ1) is 20.8. The van der Waals surface area contributed by atoms with Crippen molar-refractivity contribution >= 4 is 17.3 Å². The van der Waals surface area contributed by atoms with Crippen LogP contribution < -0.4 is 10.2 Å². The van der Waals surface area contributed by atoms with E-state index in [2.05, 4.69) is 25.2 Å². The molecule has 0 aliphatic carbocycles. The number of aliphatic hydroxyl groups is 1. The van der Waals surface area contributed by atoms with Gasteiger partial charge in [0.2, 0.25) is 0 Å². The number of halogens is 2. The highest BCUT2D eigenvalue weighted by Gasteiger charge is 2.26.